The highest BCUT2D eigenvalue weighted by atomic mass is 19.4. The predicted octanol–water partition coefficient (Wildman–Crippen LogP) is 1.56. The van der Waals surface area contributed by atoms with Crippen LogP contribution in [0.1, 0.15) is 25.7 Å². The van der Waals surface area contributed by atoms with Gasteiger partial charge in [-0.3, -0.25) is 4.79 Å². The summed E-state index contributed by atoms with van der Waals surface area (Å²) in [6.07, 6.45) is -0.710. The lowest BCUT2D eigenvalue weighted by Crippen LogP contribution is -2.37. The Morgan fingerprint density at radius 1 is 1.21 bits per heavy atom. The summed E-state index contributed by atoms with van der Waals surface area (Å²) in [5.41, 5.74) is 0. The molecule has 0 aliphatic carbocycles. The molecule has 0 spiro atoms. The highest BCUT2D eigenvalue weighted by Crippen LogP contribution is 2.14. The van der Waals surface area contributed by atoms with E-state index in [2.05, 4.69) is 15.0 Å². The molecule has 0 saturated carbocycles. The Labute approximate surface area is 111 Å². The molecular formula is C12H21F3N2O2. The molecule has 1 amide bonds. The van der Waals surface area contributed by atoms with Crippen molar-refractivity contribution in [2.75, 3.05) is 39.4 Å². The van der Waals surface area contributed by atoms with E-state index in [0.717, 1.165) is 19.6 Å². The molecule has 1 aliphatic rings. The normalized spacial score (nSPS) is 17.4. The lowest BCUT2D eigenvalue weighted by molar-refractivity contribution is -0.174. The molecular weight excluding hydrogens is 261 g/mol. The van der Waals surface area contributed by atoms with Crippen molar-refractivity contribution in [3.63, 3.8) is 0 Å². The third kappa shape index (κ3) is 8.83. The Balaban J connectivity index is 1.95. The minimum absolute atomic E-state index is 0.0317. The van der Waals surface area contributed by atoms with E-state index in [1.165, 1.54) is 19.3 Å². The van der Waals surface area contributed by atoms with Gasteiger partial charge in [-0.15, -0.1) is 0 Å². The molecule has 0 bridgehead atoms. The van der Waals surface area contributed by atoms with Gasteiger partial charge < -0.3 is 15.0 Å². The van der Waals surface area contributed by atoms with E-state index in [-0.39, 0.29) is 18.9 Å². The van der Waals surface area contributed by atoms with Crippen LogP contribution in [0.25, 0.3) is 0 Å². The molecule has 0 aromatic carbocycles. The molecule has 0 aromatic rings. The second-order valence-electron chi connectivity index (χ2n) is 4.67. The van der Waals surface area contributed by atoms with Crippen LogP contribution in [0.5, 0.6) is 0 Å². The van der Waals surface area contributed by atoms with Gasteiger partial charge >= 0.3 is 6.18 Å². The fourth-order valence-electron chi connectivity index (χ4n) is 1.98. The number of nitrogens with one attached hydrogen (secondary N) is 1. The van der Waals surface area contributed by atoms with Crippen LogP contribution >= 0.6 is 0 Å². The first-order valence-corrected chi connectivity index (χ1v) is 6.61. The Morgan fingerprint density at radius 3 is 2.53 bits per heavy atom. The number of hydrogen-bond donors (Lipinski definition) is 1. The summed E-state index contributed by atoms with van der Waals surface area (Å²) in [4.78, 5) is 13.6. The number of alkyl halides is 3. The van der Waals surface area contributed by atoms with Crippen LogP contribution in [-0.2, 0) is 9.53 Å². The number of carbonyl (C=O) groups excluding carboxylic acids is 1. The van der Waals surface area contributed by atoms with Crippen molar-refractivity contribution >= 4 is 5.91 Å². The van der Waals surface area contributed by atoms with Crippen molar-refractivity contribution in [1.82, 2.24) is 10.2 Å². The molecule has 1 saturated heterocycles. The molecule has 1 aliphatic heterocycles. The van der Waals surface area contributed by atoms with Crippen molar-refractivity contribution in [1.29, 1.82) is 0 Å². The highest BCUT2D eigenvalue weighted by Gasteiger charge is 2.27. The molecule has 4 nitrogen and oxygen atoms in total. The zero-order chi connectivity index (χ0) is 14.1. The average Bonchev–Trinajstić information content (AvgIpc) is 2.35. The zero-order valence-electron chi connectivity index (χ0n) is 11.0. The molecule has 1 fully saturated rings. The van der Waals surface area contributed by atoms with Gasteiger partial charge in [0.15, 0.2) is 0 Å². The van der Waals surface area contributed by atoms with Crippen molar-refractivity contribution < 1.29 is 22.7 Å². The lowest BCUT2D eigenvalue weighted by atomic mass is 10.1. The van der Waals surface area contributed by atoms with E-state index in [4.69, 9.17) is 0 Å². The quantitative estimate of drug-likeness (QED) is 0.721. The fraction of sp³-hybridized carbons (Fsp3) is 0.917. The molecule has 1 N–H and O–H groups in total. The number of hydrogen-bond acceptors (Lipinski definition) is 3. The van der Waals surface area contributed by atoms with Gasteiger partial charge in [-0.2, -0.15) is 13.2 Å². The minimum Gasteiger partial charge on any atom is -0.372 e. The summed E-state index contributed by atoms with van der Waals surface area (Å²) in [7, 11) is 0. The van der Waals surface area contributed by atoms with Crippen molar-refractivity contribution in [2.24, 2.45) is 0 Å². The Hall–Kier alpha value is -0.820. The number of carbonyl (C=O) groups is 1. The zero-order valence-corrected chi connectivity index (χ0v) is 11.0. The summed E-state index contributed by atoms with van der Waals surface area (Å²) in [6.45, 7) is 1.96. The molecule has 0 unspecified atom stereocenters. The van der Waals surface area contributed by atoms with Gasteiger partial charge in [-0.05, 0) is 25.9 Å². The second-order valence-corrected chi connectivity index (χ2v) is 4.67. The van der Waals surface area contributed by atoms with Crippen LogP contribution in [0.4, 0.5) is 13.2 Å². The molecule has 112 valence electrons. The smallest absolute Gasteiger partial charge is 0.372 e. The predicted molar refractivity (Wildman–Crippen MR) is 64.8 cm³/mol. The first kappa shape index (κ1) is 16.2. The number of likely N-dealkylation sites (tertiary alicyclic amines) is 1. The summed E-state index contributed by atoms with van der Waals surface area (Å²) >= 11 is 0. The van der Waals surface area contributed by atoms with Gasteiger partial charge in [0.05, 0.1) is 6.61 Å². The van der Waals surface area contributed by atoms with Crippen LogP contribution in [0, 0.1) is 0 Å². The van der Waals surface area contributed by atoms with E-state index in [9.17, 15) is 18.0 Å². The Morgan fingerprint density at radius 2 is 1.89 bits per heavy atom. The average molecular weight is 282 g/mol. The van der Waals surface area contributed by atoms with Gasteiger partial charge in [0.1, 0.15) is 6.61 Å². The summed E-state index contributed by atoms with van der Waals surface area (Å²) in [5, 5.41) is 2.69. The standard InChI is InChI=1S/C12H21F3N2O2/c13-12(14,15)10-19-9-4-11(18)16-5-8-17-6-2-1-3-7-17/h1-10H2,(H,16,18). The van der Waals surface area contributed by atoms with Crippen LogP contribution in [-0.4, -0.2) is 56.4 Å². The number of nitrogens with zero attached hydrogens (tertiary/aromatic N) is 1. The number of amides is 1. The maximum absolute atomic E-state index is 11.8. The maximum atomic E-state index is 11.8. The van der Waals surface area contributed by atoms with Gasteiger partial charge in [0.2, 0.25) is 5.91 Å². The van der Waals surface area contributed by atoms with Crippen LogP contribution < -0.4 is 5.32 Å². The molecule has 7 heteroatoms. The van der Waals surface area contributed by atoms with Gasteiger partial charge in [0, 0.05) is 19.5 Å². The molecule has 0 atom stereocenters. The highest BCUT2D eigenvalue weighted by molar-refractivity contribution is 5.75. The first-order valence-electron chi connectivity index (χ1n) is 6.61. The van der Waals surface area contributed by atoms with E-state index in [1.807, 2.05) is 0 Å². The largest absolute Gasteiger partial charge is 0.411 e. The fourth-order valence-corrected chi connectivity index (χ4v) is 1.98. The number of piperidine rings is 1. The maximum Gasteiger partial charge on any atom is 0.411 e. The summed E-state index contributed by atoms with van der Waals surface area (Å²) in [6, 6.07) is 0. The first-order chi connectivity index (χ1) is 8.97. The van der Waals surface area contributed by atoms with E-state index >= 15 is 0 Å². The number of ether oxygens (including phenoxy) is 1. The van der Waals surface area contributed by atoms with E-state index in [1.54, 1.807) is 0 Å². The number of halogens is 3. The third-order valence-corrected chi connectivity index (χ3v) is 2.94. The van der Waals surface area contributed by atoms with Gasteiger partial charge in [-0.1, -0.05) is 6.42 Å². The molecule has 19 heavy (non-hydrogen) atoms. The third-order valence-electron chi connectivity index (χ3n) is 2.94. The van der Waals surface area contributed by atoms with Crippen molar-refractivity contribution in [2.45, 2.75) is 31.9 Å². The Kier molecular flexibility index (Phi) is 7.15. The summed E-state index contributed by atoms with van der Waals surface area (Å²) < 4.78 is 39.6. The number of rotatable bonds is 7. The van der Waals surface area contributed by atoms with Gasteiger partial charge in [0.25, 0.3) is 0 Å². The van der Waals surface area contributed by atoms with Crippen molar-refractivity contribution in [3.05, 3.63) is 0 Å². The minimum atomic E-state index is -4.33. The monoisotopic (exact) mass is 282 g/mol. The van der Waals surface area contributed by atoms with E-state index in [0.29, 0.717) is 6.54 Å². The lowest BCUT2D eigenvalue weighted by Gasteiger charge is -2.26. The molecule has 1 rings (SSSR count). The second kappa shape index (κ2) is 8.37. The molecule has 0 radical (unpaired) electrons. The SMILES string of the molecule is O=C(CCOCC(F)(F)F)NCCN1CCCCC1. The van der Waals surface area contributed by atoms with Crippen LogP contribution in [0.2, 0.25) is 0 Å². The topological polar surface area (TPSA) is 41.6 Å². The van der Waals surface area contributed by atoms with Crippen molar-refractivity contribution in [3.8, 4) is 0 Å². The van der Waals surface area contributed by atoms with E-state index < -0.39 is 12.8 Å². The van der Waals surface area contributed by atoms with Crippen LogP contribution in [0.15, 0.2) is 0 Å². The Bertz CT molecular complexity index is 266. The van der Waals surface area contributed by atoms with Crippen LogP contribution in [0.3, 0.4) is 0 Å². The molecule has 1 heterocycles. The summed E-state index contributed by atoms with van der Waals surface area (Å²) in [5.74, 6) is -0.265. The van der Waals surface area contributed by atoms with Gasteiger partial charge in [-0.25, -0.2) is 0 Å². The molecule has 0 aromatic heterocycles.